The van der Waals surface area contributed by atoms with Crippen LogP contribution in [0, 0.1) is 11.8 Å². The molecule has 0 saturated heterocycles. The second-order valence-corrected chi connectivity index (χ2v) is 4.80. The minimum Gasteiger partial charge on any atom is -0.481 e. The number of carbonyl (C=O) groups excluding carboxylic acids is 1. The van der Waals surface area contributed by atoms with E-state index in [-0.39, 0.29) is 17.8 Å². The standard InChI is InChI=1S/C8H12O2.C6H8O2/c1-3-10-8(9)7-4-6(2)5-7;1-4-2-5(3-4)6(7)8/h7H,2-5H2,1H3;5H,1-3H2,(H,7,8). The maximum absolute atomic E-state index is 10.9. The molecular weight excluding hydrogens is 232 g/mol. The van der Waals surface area contributed by atoms with Crippen molar-refractivity contribution in [2.45, 2.75) is 32.6 Å². The summed E-state index contributed by atoms with van der Waals surface area (Å²) in [5.41, 5.74) is 2.23. The molecule has 100 valence electrons. The van der Waals surface area contributed by atoms with Crippen LogP contribution in [0.15, 0.2) is 24.3 Å². The number of rotatable bonds is 3. The summed E-state index contributed by atoms with van der Waals surface area (Å²) in [5, 5.41) is 8.31. The number of carbonyl (C=O) groups is 2. The van der Waals surface area contributed by atoms with Crippen molar-refractivity contribution in [3.05, 3.63) is 24.3 Å². The quantitative estimate of drug-likeness (QED) is 0.619. The Bertz CT molecular complexity index is 354. The number of ether oxygens (including phenoxy) is 1. The molecule has 0 atom stereocenters. The van der Waals surface area contributed by atoms with Gasteiger partial charge in [0.25, 0.3) is 0 Å². The van der Waals surface area contributed by atoms with E-state index in [1.165, 1.54) is 0 Å². The van der Waals surface area contributed by atoms with Gasteiger partial charge in [0.1, 0.15) is 0 Å². The molecule has 4 nitrogen and oxygen atoms in total. The fourth-order valence-electron chi connectivity index (χ4n) is 1.88. The summed E-state index contributed by atoms with van der Waals surface area (Å²) in [6.07, 6.45) is 3.04. The number of hydrogen-bond donors (Lipinski definition) is 1. The monoisotopic (exact) mass is 252 g/mol. The summed E-state index contributed by atoms with van der Waals surface area (Å²) < 4.78 is 4.81. The van der Waals surface area contributed by atoms with Crippen LogP contribution >= 0.6 is 0 Å². The SMILES string of the molecule is C=C1CC(C(=O)O)C1.C=C1CC(C(=O)OCC)C1. The molecule has 2 rings (SSSR count). The molecule has 0 aliphatic heterocycles. The highest BCUT2D eigenvalue weighted by molar-refractivity contribution is 5.74. The molecule has 0 unspecified atom stereocenters. The van der Waals surface area contributed by atoms with E-state index in [0.29, 0.717) is 19.4 Å². The Morgan fingerprint density at radius 3 is 1.89 bits per heavy atom. The van der Waals surface area contributed by atoms with Crippen molar-refractivity contribution >= 4 is 11.9 Å². The Morgan fingerprint density at radius 2 is 1.61 bits per heavy atom. The van der Waals surface area contributed by atoms with E-state index < -0.39 is 5.97 Å². The highest BCUT2D eigenvalue weighted by Crippen LogP contribution is 2.32. The number of aliphatic carboxylic acids is 1. The summed E-state index contributed by atoms with van der Waals surface area (Å²) in [4.78, 5) is 21.0. The molecule has 18 heavy (non-hydrogen) atoms. The molecule has 2 saturated carbocycles. The Hall–Kier alpha value is -1.58. The number of allylic oxidation sites excluding steroid dienone is 2. The van der Waals surface area contributed by atoms with Gasteiger partial charge >= 0.3 is 11.9 Å². The molecule has 0 aromatic carbocycles. The third-order valence-corrected chi connectivity index (χ3v) is 3.11. The maximum atomic E-state index is 10.9. The van der Waals surface area contributed by atoms with Crippen molar-refractivity contribution in [3.63, 3.8) is 0 Å². The van der Waals surface area contributed by atoms with Crippen LogP contribution in [0.1, 0.15) is 32.6 Å². The van der Waals surface area contributed by atoms with Crippen LogP contribution in [-0.4, -0.2) is 23.7 Å². The minimum atomic E-state index is -0.683. The van der Waals surface area contributed by atoms with Crippen LogP contribution in [0.5, 0.6) is 0 Å². The minimum absolute atomic E-state index is 0.0603. The van der Waals surface area contributed by atoms with E-state index in [9.17, 15) is 9.59 Å². The summed E-state index contributed by atoms with van der Waals surface area (Å²) in [6.45, 7) is 9.69. The van der Waals surface area contributed by atoms with E-state index in [1.54, 1.807) is 0 Å². The van der Waals surface area contributed by atoms with E-state index >= 15 is 0 Å². The van der Waals surface area contributed by atoms with Gasteiger partial charge in [-0.25, -0.2) is 0 Å². The van der Waals surface area contributed by atoms with E-state index in [2.05, 4.69) is 13.2 Å². The Kier molecular flexibility index (Phi) is 5.13. The second kappa shape index (κ2) is 6.38. The number of carboxylic acid groups (broad SMARTS) is 1. The van der Waals surface area contributed by atoms with Gasteiger partial charge < -0.3 is 9.84 Å². The van der Waals surface area contributed by atoms with Crippen molar-refractivity contribution in [1.82, 2.24) is 0 Å². The van der Waals surface area contributed by atoms with Gasteiger partial charge in [-0.05, 0) is 32.6 Å². The van der Waals surface area contributed by atoms with Crippen LogP contribution in [0.2, 0.25) is 0 Å². The highest BCUT2D eigenvalue weighted by Gasteiger charge is 2.29. The Morgan fingerprint density at radius 1 is 1.17 bits per heavy atom. The molecule has 0 heterocycles. The zero-order valence-corrected chi connectivity index (χ0v) is 10.8. The first-order valence-electron chi connectivity index (χ1n) is 6.16. The fraction of sp³-hybridized carbons (Fsp3) is 0.571. The van der Waals surface area contributed by atoms with E-state index in [4.69, 9.17) is 9.84 Å². The molecule has 0 spiro atoms. The fourth-order valence-corrected chi connectivity index (χ4v) is 1.88. The first-order valence-corrected chi connectivity index (χ1v) is 6.16. The molecular formula is C14H20O4. The summed E-state index contributed by atoms with van der Waals surface area (Å²) in [5.74, 6) is -0.748. The van der Waals surface area contributed by atoms with Gasteiger partial charge in [-0.1, -0.05) is 24.3 Å². The summed E-state index contributed by atoms with van der Waals surface area (Å²) >= 11 is 0. The van der Waals surface area contributed by atoms with Crippen LogP contribution in [0.3, 0.4) is 0 Å². The van der Waals surface area contributed by atoms with Gasteiger partial charge in [-0.2, -0.15) is 0 Å². The predicted molar refractivity (Wildman–Crippen MR) is 68.0 cm³/mol. The Labute approximate surface area is 107 Å². The lowest BCUT2D eigenvalue weighted by Crippen LogP contribution is -2.25. The third-order valence-electron chi connectivity index (χ3n) is 3.11. The zero-order valence-electron chi connectivity index (χ0n) is 10.8. The number of carboxylic acids is 1. The van der Waals surface area contributed by atoms with Crippen molar-refractivity contribution < 1.29 is 19.4 Å². The summed E-state index contributed by atoms with van der Waals surface area (Å²) in [6, 6.07) is 0. The van der Waals surface area contributed by atoms with Gasteiger partial charge in [0.15, 0.2) is 0 Å². The average molecular weight is 252 g/mol. The summed E-state index contributed by atoms with van der Waals surface area (Å²) in [7, 11) is 0. The molecule has 0 radical (unpaired) electrons. The molecule has 0 amide bonds. The molecule has 0 bridgehead atoms. The van der Waals surface area contributed by atoms with Crippen molar-refractivity contribution in [2.75, 3.05) is 6.61 Å². The molecule has 2 aliphatic rings. The average Bonchev–Trinajstić information content (AvgIpc) is 2.21. The topological polar surface area (TPSA) is 63.6 Å². The highest BCUT2D eigenvalue weighted by atomic mass is 16.5. The first kappa shape index (κ1) is 14.5. The van der Waals surface area contributed by atoms with Gasteiger partial charge in [-0.3, -0.25) is 9.59 Å². The van der Waals surface area contributed by atoms with Crippen LogP contribution in [0.25, 0.3) is 0 Å². The van der Waals surface area contributed by atoms with Crippen LogP contribution < -0.4 is 0 Å². The normalized spacial score (nSPS) is 19.2. The number of hydrogen-bond acceptors (Lipinski definition) is 3. The molecule has 0 aromatic rings. The predicted octanol–water partition coefficient (Wildman–Crippen LogP) is 2.55. The van der Waals surface area contributed by atoms with Gasteiger partial charge in [0.2, 0.25) is 0 Å². The largest absolute Gasteiger partial charge is 0.481 e. The third kappa shape index (κ3) is 4.02. The van der Waals surface area contributed by atoms with E-state index in [0.717, 1.165) is 24.0 Å². The second-order valence-electron chi connectivity index (χ2n) is 4.80. The lowest BCUT2D eigenvalue weighted by Gasteiger charge is -2.25. The molecule has 2 fully saturated rings. The molecule has 0 aromatic heterocycles. The lowest BCUT2D eigenvalue weighted by molar-refractivity contribution is -0.149. The van der Waals surface area contributed by atoms with Crippen LogP contribution in [-0.2, 0) is 14.3 Å². The van der Waals surface area contributed by atoms with E-state index in [1.807, 2.05) is 6.92 Å². The smallest absolute Gasteiger partial charge is 0.309 e. The Balaban J connectivity index is 0.000000184. The van der Waals surface area contributed by atoms with Crippen molar-refractivity contribution in [3.8, 4) is 0 Å². The lowest BCUT2D eigenvalue weighted by atomic mass is 9.81. The molecule has 2 aliphatic carbocycles. The number of esters is 1. The van der Waals surface area contributed by atoms with Crippen LogP contribution in [0.4, 0.5) is 0 Å². The molecule has 1 N–H and O–H groups in total. The van der Waals surface area contributed by atoms with Crippen molar-refractivity contribution in [1.29, 1.82) is 0 Å². The van der Waals surface area contributed by atoms with Gasteiger partial charge in [0.05, 0.1) is 18.4 Å². The molecule has 4 heteroatoms. The van der Waals surface area contributed by atoms with Gasteiger partial charge in [-0.15, -0.1) is 0 Å². The zero-order chi connectivity index (χ0) is 13.7. The van der Waals surface area contributed by atoms with Crippen molar-refractivity contribution in [2.24, 2.45) is 11.8 Å². The first-order chi connectivity index (χ1) is 8.43. The maximum Gasteiger partial charge on any atom is 0.309 e. The van der Waals surface area contributed by atoms with Gasteiger partial charge in [0, 0.05) is 0 Å².